The van der Waals surface area contributed by atoms with Gasteiger partial charge in [0.2, 0.25) is 0 Å². The van der Waals surface area contributed by atoms with Crippen LogP contribution >= 0.6 is 0 Å². The molecule has 0 radical (unpaired) electrons. The van der Waals surface area contributed by atoms with Crippen LogP contribution in [0.25, 0.3) is 0 Å². The van der Waals surface area contributed by atoms with Crippen molar-refractivity contribution in [3.63, 3.8) is 0 Å². The van der Waals surface area contributed by atoms with E-state index in [0.29, 0.717) is 12.1 Å². The molecule has 0 unspecified atom stereocenters. The minimum absolute atomic E-state index is 0.0288. The number of carbonyl (C=O) groups is 1. The number of rotatable bonds is 3. The highest BCUT2D eigenvalue weighted by Crippen LogP contribution is 2.13. The highest BCUT2D eigenvalue weighted by Gasteiger charge is 2.09. The number of aromatic nitrogens is 2. The molecule has 0 aliphatic heterocycles. The predicted molar refractivity (Wildman–Crippen MR) is 66.0 cm³/mol. The van der Waals surface area contributed by atoms with Crippen LogP contribution in [0, 0.1) is 13.8 Å². The van der Waals surface area contributed by atoms with Gasteiger partial charge in [-0.15, -0.1) is 0 Å². The van der Waals surface area contributed by atoms with Gasteiger partial charge in [0.1, 0.15) is 12.0 Å². The first kappa shape index (κ1) is 11.5. The standard InChI is InChI=1S/C14H14N2O/c1-10-3-4-11(2)12(7-10)8-14(17)13-5-6-15-9-16-13/h3-7,9H,8H2,1-2H3. The molecule has 2 rings (SSSR count). The van der Waals surface area contributed by atoms with Crippen LogP contribution in [-0.4, -0.2) is 15.8 Å². The molecule has 3 nitrogen and oxygen atoms in total. The van der Waals surface area contributed by atoms with Crippen molar-refractivity contribution in [2.45, 2.75) is 20.3 Å². The van der Waals surface area contributed by atoms with Crippen molar-refractivity contribution in [1.29, 1.82) is 0 Å². The van der Waals surface area contributed by atoms with Crippen LogP contribution < -0.4 is 0 Å². The zero-order valence-corrected chi connectivity index (χ0v) is 9.97. The first-order valence-electron chi connectivity index (χ1n) is 5.52. The zero-order valence-electron chi connectivity index (χ0n) is 9.97. The second kappa shape index (κ2) is 4.87. The summed E-state index contributed by atoms with van der Waals surface area (Å²) in [4.78, 5) is 19.8. The number of benzene rings is 1. The average Bonchev–Trinajstić information content (AvgIpc) is 2.35. The summed E-state index contributed by atoms with van der Waals surface area (Å²) in [7, 11) is 0. The summed E-state index contributed by atoms with van der Waals surface area (Å²) in [6.45, 7) is 4.04. The van der Waals surface area contributed by atoms with Crippen LogP contribution in [0.3, 0.4) is 0 Å². The molecule has 0 saturated heterocycles. The Labute approximate surface area is 101 Å². The smallest absolute Gasteiger partial charge is 0.185 e. The van der Waals surface area contributed by atoms with Crippen LogP contribution in [0.4, 0.5) is 0 Å². The summed E-state index contributed by atoms with van der Waals surface area (Å²) in [6, 6.07) is 7.79. The van der Waals surface area contributed by atoms with Gasteiger partial charge in [0.15, 0.2) is 5.78 Å². The molecule has 1 aromatic heterocycles. The third-order valence-corrected chi connectivity index (χ3v) is 2.72. The Morgan fingerprint density at radius 3 is 2.76 bits per heavy atom. The molecule has 1 aromatic carbocycles. The van der Waals surface area contributed by atoms with Crippen LogP contribution in [0.2, 0.25) is 0 Å². The van der Waals surface area contributed by atoms with E-state index in [1.807, 2.05) is 26.0 Å². The number of ketones is 1. The summed E-state index contributed by atoms with van der Waals surface area (Å²) in [5.74, 6) is 0.0288. The van der Waals surface area contributed by atoms with E-state index in [0.717, 1.165) is 11.1 Å². The van der Waals surface area contributed by atoms with Crippen LogP contribution in [-0.2, 0) is 6.42 Å². The third-order valence-electron chi connectivity index (χ3n) is 2.72. The lowest BCUT2D eigenvalue weighted by molar-refractivity contribution is 0.0988. The van der Waals surface area contributed by atoms with Gasteiger partial charge in [0, 0.05) is 12.6 Å². The highest BCUT2D eigenvalue weighted by atomic mass is 16.1. The molecule has 0 spiro atoms. The highest BCUT2D eigenvalue weighted by molar-refractivity contribution is 5.95. The van der Waals surface area contributed by atoms with E-state index in [2.05, 4.69) is 16.0 Å². The van der Waals surface area contributed by atoms with Crippen molar-refractivity contribution >= 4 is 5.78 Å². The minimum Gasteiger partial charge on any atom is -0.292 e. The van der Waals surface area contributed by atoms with Crippen molar-refractivity contribution in [2.24, 2.45) is 0 Å². The Morgan fingerprint density at radius 1 is 1.24 bits per heavy atom. The summed E-state index contributed by atoms with van der Waals surface area (Å²) in [5, 5.41) is 0. The molecule has 86 valence electrons. The first-order chi connectivity index (χ1) is 8.16. The molecule has 0 bridgehead atoms. The summed E-state index contributed by atoms with van der Waals surface area (Å²) in [6.07, 6.45) is 3.38. The van der Waals surface area contributed by atoms with Gasteiger partial charge in [-0.2, -0.15) is 0 Å². The van der Waals surface area contributed by atoms with Crippen molar-refractivity contribution in [1.82, 2.24) is 9.97 Å². The van der Waals surface area contributed by atoms with Crippen molar-refractivity contribution in [2.75, 3.05) is 0 Å². The average molecular weight is 226 g/mol. The van der Waals surface area contributed by atoms with Gasteiger partial charge in [0.25, 0.3) is 0 Å². The predicted octanol–water partition coefficient (Wildman–Crippen LogP) is 2.52. The Bertz CT molecular complexity index is 535. The normalized spacial score (nSPS) is 10.2. The second-order valence-electron chi connectivity index (χ2n) is 4.12. The maximum atomic E-state index is 12.0. The van der Waals surface area contributed by atoms with Crippen molar-refractivity contribution < 1.29 is 4.79 Å². The van der Waals surface area contributed by atoms with E-state index in [1.54, 1.807) is 12.3 Å². The monoisotopic (exact) mass is 226 g/mol. The molecule has 2 aromatic rings. The van der Waals surface area contributed by atoms with Gasteiger partial charge in [-0.1, -0.05) is 23.8 Å². The fraction of sp³-hybridized carbons (Fsp3) is 0.214. The number of Topliss-reactive ketones (excluding diaryl/α,β-unsaturated/α-hetero) is 1. The van der Waals surface area contributed by atoms with E-state index in [4.69, 9.17) is 0 Å². The Hall–Kier alpha value is -2.03. The Kier molecular flexibility index (Phi) is 3.28. The number of nitrogens with zero attached hydrogens (tertiary/aromatic N) is 2. The molecule has 17 heavy (non-hydrogen) atoms. The third kappa shape index (κ3) is 2.75. The largest absolute Gasteiger partial charge is 0.292 e. The molecule has 0 amide bonds. The lowest BCUT2D eigenvalue weighted by Crippen LogP contribution is -2.07. The number of hydrogen-bond donors (Lipinski definition) is 0. The molecular formula is C14H14N2O. The summed E-state index contributed by atoms with van der Waals surface area (Å²) in [5.41, 5.74) is 3.84. The lowest BCUT2D eigenvalue weighted by atomic mass is 10.00. The molecule has 0 fully saturated rings. The van der Waals surface area contributed by atoms with Gasteiger partial charge in [-0.3, -0.25) is 4.79 Å². The quantitative estimate of drug-likeness (QED) is 0.755. The van der Waals surface area contributed by atoms with Crippen molar-refractivity contribution in [3.05, 3.63) is 59.2 Å². The number of hydrogen-bond acceptors (Lipinski definition) is 3. The Balaban J connectivity index is 2.22. The molecule has 0 aliphatic carbocycles. The maximum absolute atomic E-state index is 12.0. The van der Waals surface area contributed by atoms with Gasteiger partial charge in [-0.25, -0.2) is 9.97 Å². The number of carbonyl (C=O) groups excluding carboxylic acids is 1. The molecule has 0 saturated carbocycles. The summed E-state index contributed by atoms with van der Waals surface area (Å²) < 4.78 is 0. The lowest BCUT2D eigenvalue weighted by Gasteiger charge is -2.06. The van der Waals surface area contributed by atoms with E-state index >= 15 is 0 Å². The van der Waals surface area contributed by atoms with Gasteiger partial charge in [-0.05, 0) is 31.0 Å². The number of aryl methyl sites for hydroxylation is 2. The van der Waals surface area contributed by atoms with Gasteiger partial charge in [0.05, 0.1) is 0 Å². The fourth-order valence-electron chi connectivity index (χ4n) is 1.71. The first-order valence-corrected chi connectivity index (χ1v) is 5.52. The zero-order chi connectivity index (χ0) is 12.3. The fourth-order valence-corrected chi connectivity index (χ4v) is 1.71. The van der Waals surface area contributed by atoms with Crippen LogP contribution in [0.5, 0.6) is 0 Å². The topological polar surface area (TPSA) is 42.9 Å². The second-order valence-corrected chi connectivity index (χ2v) is 4.12. The van der Waals surface area contributed by atoms with Gasteiger partial charge >= 0.3 is 0 Å². The molecule has 3 heteroatoms. The molecule has 0 N–H and O–H groups in total. The van der Waals surface area contributed by atoms with E-state index in [-0.39, 0.29) is 5.78 Å². The van der Waals surface area contributed by atoms with E-state index in [1.165, 1.54) is 11.9 Å². The van der Waals surface area contributed by atoms with Crippen molar-refractivity contribution in [3.8, 4) is 0 Å². The molecule has 1 heterocycles. The summed E-state index contributed by atoms with van der Waals surface area (Å²) >= 11 is 0. The van der Waals surface area contributed by atoms with E-state index < -0.39 is 0 Å². The van der Waals surface area contributed by atoms with Gasteiger partial charge < -0.3 is 0 Å². The van der Waals surface area contributed by atoms with E-state index in [9.17, 15) is 4.79 Å². The molecular weight excluding hydrogens is 212 g/mol. The SMILES string of the molecule is Cc1ccc(C)c(CC(=O)c2ccncn2)c1. The molecule has 0 atom stereocenters. The minimum atomic E-state index is 0.0288. The van der Waals surface area contributed by atoms with Crippen LogP contribution in [0.15, 0.2) is 36.8 Å². The maximum Gasteiger partial charge on any atom is 0.185 e. The molecule has 0 aliphatic rings. The Morgan fingerprint density at radius 2 is 2.06 bits per heavy atom. The van der Waals surface area contributed by atoms with Crippen LogP contribution in [0.1, 0.15) is 27.2 Å².